The van der Waals surface area contributed by atoms with Crippen molar-refractivity contribution in [1.29, 1.82) is 5.26 Å². The molecule has 17 heavy (non-hydrogen) atoms. The van der Waals surface area contributed by atoms with Crippen molar-refractivity contribution in [2.45, 2.75) is 27.7 Å². The van der Waals surface area contributed by atoms with Gasteiger partial charge in [0.05, 0.1) is 12.3 Å². The predicted octanol–water partition coefficient (Wildman–Crippen LogP) is 2.62. The first-order valence-electron chi connectivity index (χ1n) is 5.69. The number of aryl methyl sites for hydroxylation is 2. The number of hydrogen-bond acceptors (Lipinski definition) is 4. The van der Waals surface area contributed by atoms with Gasteiger partial charge in [0.15, 0.2) is 0 Å². The molecule has 0 atom stereocenters. The van der Waals surface area contributed by atoms with E-state index in [-0.39, 0.29) is 0 Å². The molecule has 0 N–H and O–H groups in total. The van der Waals surface area contributed by atoms with Crippen molar-refractivity contribution in [3.63, 3.8) is 0 Å². The Morgan fingerprint density at radius 2 is 1.94 bits per heavy atom. The second-order valence-electron chi connectivity index (χ2n) is 3.19. The Labute approximate surface area is 103 Å². The zero-order valence-corrected chi connectivity index (χ0v) is 11.2. The quantitative estimate of drug-likeness (QED) is 0.754. The maximum absolute atomic E-state index is 8.72. The van der Waals surface area contributed by atoms with Crippen molar-refractivity contribution in [2.75, 3.05) is 20.3 Å². The smallest absolute Gasteiger partial charge is 0.143 e. The summed E-state index contributed by atoms with van der Waals surface area (Å²) in [5.41, 5.74) is 2.09. The van der Waals surface area contributed by atoms with Gasteiger partial charge in [-0.1, -0.05) is 13.8 Å². The van der Waals surface area contributed by atoms with Crippen molar-refractivity contribution in [3.8, 4) is 11.8 Å². The summed E-state index contributed by atoms with van der Waals surface area (Å²) in [6, 6.07) is 3.73. The molecule has 1 aromatic rings. The van der Waals surface area contributed by atoms with E-state index in [9.17, 15) is 0 Å². The van der Waals surface area contributed by atoms with Gasteiger partial charge in [-0.15, -0.1) is 0 Å². The summed E-state index contributed by atoms with van der Waals surface area (Å²) in [4.78, 5) is 4.10. The van der Waals surface area contributed by atoms with E-state index in [2.05, 4.69) is 4.98 Å². The van der Waals surface area contributed by atoms with Crippen LogP contribution in [0.5, 0.6) is 5.75 Å². The average molecular weight is 236 g/mol. The lowest BCUT2D eigenvalue weighted by Crippen LogP contribution is -2.07. The lowest BCUT2D eigenvalue weighted by molar-refractivity contribution is 0.145. The van der Waals surface area contributed by atoms with Gasteiger partial charge in [0, 0.05) is 7.11 Å². The zero-order valence-electron chi connectivity index (χ0n) is 11.2. The summed E-state index contributed by atoms with van der Waals surface area (Å²) < 4.78 is 10.4. The summed E-state index contributed by atoms with van der Waals surface area (Å²) in [6.07, 6.45) is 0. The first kappa shape index (κ1) is 15.4. The molecule has 0 saturated carbocycles. The minimum Gasteiger partial charge on any atom is -0.489 e. The molecule has 4 heteroatoms. The standard InChI is InChI=1S/C11H14N2O2.C2H6/c1-8-6-10(7-12)13-9(2)11(8)15-5-4-14-3;1-2/h6H,4-5H2,1-3H3;1-2H3. The molecular formula is C13H20N2O2. The number of rotatable bonds is 4. The van der Waals surface area contributed by atoms with Crippen LogP contribution in [0.2, 0.25) is 0 Å². The van der Waals surface area contributed by atoms with Gasteiger partial charge in [-0.2, -0.15) is 5.26 Å². The second kappa shape index (κ2) is 8.54. The molecule has 0 aromatic carbocycles. The number of nitriles is 1. The van der Waals surface area contributed by atoms with Gasteiger partial charge in [0.25, 0.3) is 0 Å². The number of pyridine rings is 1. The molecule has 0 bridgehead atoms. The first-order chi connectivity index (χ1) is 8.19. The van der Waals surface area contributed by atoms with Gasteiger partial charge >= 0.3 is 0 Å². The Bertz CT molecular complexity index is 360. The Morgan fingerprint density at radius 1 is 1.29 bits per heavy atom. The maximum atomic E-state index is 8.72. The van der Waals surface area contributed by atoms with Crippen LogP contribution in [-0.2, 0) is 4.74 Å². The van der Waals surface area contributed by atoms with Crippen LogP contribution in [0.1, 0.15) is 30.8 Å². The van der Waals surface area contributed by atoms with Crippen molar-refractivity contribution >= 4 is 0 Å². The largest absolute Gasteiger partial charge is 0.489 e. The van der Waals surface area contributed by atoms with E-state index in [4.69, 9.17) is 14.7 Å². The molecule has 0 fully saturated rings. The third kappa shape index (κ3) is 4.83. The molecule has 1 heterocycles. The normalized spacial score (nSPS) is 8.94. The fraction of sp³-hybridized carbons (Fsp3) is 0.538. The molecular weight excluding hydrogens is 216 g/mol. The van der Waals surface area contributed by atoms with Gasteiger partial charge in [-0.05, 0) is 25.5 Å². The topological polar surface area (TPSA) is 55.1 Å². The van der Waals surface area contributed by atoms with Gasteiger partial charge in [0.2, 0.25) is 0 Å². The van der Waals surface area contributed by atoms with Gasteiger partial charge in [-0.3, -0.25) is 0 Å². The minimum atomic E-state index is 0.420. The van der Waals surface area contributed by atoms with Crippen LogP contribution in [-0.4, -0.2) is 25.3 Å². The third-order valence-electron chi connectivity index (χ3n) is 1.98. The molecule has 0 unspecified atom stereocenters. The third-order valence-corrected chi connectivity index (χ3v) is 1.98. The molecule has 0 spiro atoms. The zero-order chi connectivity index (χ0) is 13.3. The highest BCUT2D eigenvalue weighted by Gasteiger charge is 2.07. The number of nitrogens with zero attached hydrogens (tertiary/aromatic N) is 2. The monoisotopic (exact) mass is 236 g/mol. The SMILES string of the molecule is CC.COCCOc1c(C)cc(C#N)nc1C. The minimum absolute atomic E-state index is 0.420. The summed E-state index contributed by atoms with van der Waals surface area (Å²) >= 11 is 0. The van der Waals surface area contributed by atoms with Crippen LogP contribution in [0.4, 0.5) is 0 Å². The van der Waals surface area contributed by atoms with Crippen molar-refractivity contribution in [2.24, 2.45) is 0 Å². The highest BCUT2D eigenvalue weighted by atomic mass is 16.5. The Hall–Kier alpha value is -1.60. The van der Waals surface area contributed by atoms with Crippen LogP contribution in [0.15, 0.2) is 6.07 Å². The molecule has 0 amide bonds. The van der Waals surface area contributed by atoms with Crippen LogP contribution in [0.25, 0.3) is 0 Å². The Morgan fingerprint density at radius 3 is 2.41 bits per heavy atom. The highest BCUT2D eigenvalue weighted by molar-refractivity contribution is 5.40. The summed E-state index contributed by atoms with van der Waals surface area (Å²) in [5, 5.41) is 8.72. The molecule has 0 aliphatic carbocycles. The lowest BCUT2D eigenvalue weighted by Gasteiger charge is -2.10. The predicted molar refractivity (Wildman–Crippen MR) is 67.1 cm³/mol. The van der Waals surface area contributed by atoms with Crippen LogP contribution in [0, 0.1) is 25.2 Å². The molecule has 0 saturated heterocycles. The first-order valence-corrected chi connectivity index (χ1v) is 5.69. The number of ether oxygens (including phenoxy) is 2. The molecule has 0 radical (unpaired) electrons. The van der Waals surface area contributed by atoms with Gasteiger partial charge < -0.3 is 9.47 Å². The molecule has 94 valence electrons. The van der Waals surface area contributed by atoms with E-state index in [1.165, 1.54) is 0 Å². The fourth-order valence-electron chi connectivity index (χ4n) is 1.32. The van der Waals surface area contributed by atoms with Crippen LogP contribution in [0.3, 0.4) is 0 Å². The van der Waals surface area contributed by atoms with E-state index in [0.29, 0.717) is 18.9 Å². The van der Waals surface area contributed by atoms with E-state index >= 15 is 0 Å². The van der Waals surface area contributed by atoms with E-state index in [0.717, 1.165) is 17.0 Å². The number of hydrogen-bond donors (Lipinski definition) is 0. The van der Waals surface area contributed by atoms with Gasteiger partial charge in [-0.25, -0.2) is 4.98 Å². The van der Waals surface area contributed by atoms with Crippen molar-refractivity contribution in [1.82, 2.24) is 4.98 Å². The molecule has 1 rings (SSSR count). The van der Waals surface area contributed by atoms with Crippen LogP contribution < -0.4 is 4.74 Å². The highest BCUT2D eigenvalue weighted by Crippen LogP contribution is 2.21. The Kier molecular flexibility index (Phi) is 7.74. The lowest BCUT2D eigenvalue weighted by atomic mass is 10.2. The average Bonchev–Trinajstić information content (AvgIpc) is 2.35. The van der Waals surface area contributed by atoms with Crippen molar-refractivity contribution < 1.29 is 9.47 Å². The second-order valence-corrected chi connectivity index (χ2v) is 3.19. The van der Waals surface area contributed by atoms with Gasteiger partial charge in [0.1, 0.15) is 24.1 Å². The molecule has 0 aliphatic rings. The van der Waals surface area contributed by atoms with E-state index in [1.54, 1.807) is 13.2 Å². The Balaban J connectivity index is 0.00000121. The molecule has 1 aromatic heterocycles. The molecule has 0 aliphatic heterocycles. The van der Waals surface area contributed by atoms with Crippen LogP contribution >= 0.6 is 0 Å². The summed E-state index contributed by atoms with van der Waals surface area (Å²) in [6.45, 7) is 8.76. The fourth-order valence-corrected chi connectivity index (χ4v) is 1.32. The number of methoxy groups -OCH3 is 1. The van der Waals surface area contributed by atoms with E-state index < -0.39 is 0 Å². The number of aromatic nitrogens is 1. The molecule has 4 nitrogen and oxygen atoms in total. The summed E-state index contributed by atoms with van der Waals surface area (Å²) in [5.74, 6) is 0.742. The maximum Gasteiger partial charge on any atom is 0.143 e. The van der Waals surface area contributed by atoms with E-state index in [1.807, 2.05) is 33.8 Å². The summed E-state index contributed by atoms with van der Waals surface area (Å²) in [7, 11) is 1.63. The van der Waals surface area contributed by atoms with Crippen molar-refractivity contribution in [3.05, 3.63) is 23.0 Å².